The van der Waals surface area contributed by atoms with Crippen LogP contribution in [0.3, 0.4) is 0 Å². The highest BCUT2D eigenvalue weighted by Crippen LogP contribution is 2.22. The fourth-order valence-corrected chi connectivity index (χ4v) is 1.76. The molecular formula is C15H23N3O5. The molecule has 1 heterocycles. The van der Waals surface area contributed by atoms with Gasteiger partial charge in [0.15, 0.2) is 12.4 Å². The zero-order chi connectivity index (χ0) is 17.6. The second-order valence-corrected chi connectivity index (χ2v) is 5.57. The molecule has 0 aliphatic heterocycles. The van der Waals surface area contributed by atoms with Crippen LogP contribution in [-0.4, -0.2) is 35.7 Å². The van der Waals surface area contributed by atoms with Crippen LogP contribution < -0.4 is 10.6 Å². The van der Waals surface area contributed by atoms with E-state index in [9.17, 15) is 14.4 Å². The van der Waals surface area contributed by atoms with E-state index in [2.05, 4.69) is 15.8 Å². The van der Waals surface area contributed by atoms with Crippen molar-refractivity contribution in [1.82, 2.24) is 15.8 Å². The van der Waals surface area contributed by atoms with Gasteiger partial charge in [0, 0.05) is 12.0 Å². The summed E-state index contributed by atoms with van der Waals surface area (Å²) < 4.78 is 10.0. The van der Waals surface area contributed by atoms with Crippen molar-refractivity contribution >= 4 is 17.9 Å². The molecule has 23 heavy (non-hydrogen) atoms. The fourth-order valence-electron chi connectivity index (χ4n) is 1.76. The summed E-state index contributed by atoms with van der Waals surface area (Å²) >= 11 is 0. The van der Waals surface area contributed by atoms with Gasteiger partial charge in [0.1, 0.15) is 5.56 Å². The van der Waals surface area contributed by atoms with E-state index in [0.29, 0.717) is 11.5 Å². The Balaban J connectivity index is 2.55. The number of carbonyl (C=O) groups excluding carboxylic acids is 3. The first-order chi connectivity index (χ1) is 10.8. The molecule has 8 nitrogen and oxygen atoms in total. The maximum absolute atomic E-state index is 12.1. The quantitative estimate of drug-likeness (QED) is 0.773. The van der Waals surface area contributed by atoms with Gasteiger partial charge in [0.25, 0.3) is 5.91 Å². The molecule has 1 aromatic heterocycles. The van der Waals surface area contributed by atoms with Crippen molar-refractivity contribution in [2.24, 2.45) is 0 Å². The van der Waals surface area contributed by atoms with Crippen LogP contribution in [0.2, 0.25) is 0 Å². The molecule has 0 fully saturated rings. The van der Waals surface area contributed by atoms with Gasteiger partial charge in [0.05, 0.1) is 5.69 Å². The first-order valence-corrected chi connectivity index (χ1v) is 7.49. The van der Waals surface area contributed by atoms with Gasteiger partial charge in [-0.3, -0.25) is 10.1 Å². The van der Waals surface area contributed by atoms with E-state index >= 15 is 0 Å². The molecule has 0 unspecified atom stereocenters. The van der Waals surface area contributed by atoms with Crippen LogP contribution in [0, 0.1) is 6.92 Å². The summed E-state index contributed by atoms with van der Waals surface area (Å²) in [5.74, 6) is -1.06. The predicted octanol–water partition coefficient (Wildman–Crippen LogP) is 1.89. The number of nitrogens with zero attached hydrogens (tertiary/aromatic N) is 1. The van der Waals surface area contributed by atoms with E-state index in [1.807, 2.05) is 27.7 Å². The zero-order valence-electron chi connectivity index (χ0n) is 14.1. The summed E-state index contributed by atoms with van der Waals surface area (Å²) in [5.41, 5.74) is 0.616. The van der Waals surface area contributed by atoms with Crippen molar-refractivity contribution in [3.63, 3.8) is 0 Å². The largest absolute Gasteiger partial charge is 0.452 e. The predicted molar refractivity (Wildman–Crippen MR) is 82.0 cm³/mol. The molecule has 8 heteroatoms. The number of rotatable bonds is 6. The summed E-state index contributed by atoms with van der Waals surface area (Å²) in [6, 6.07) is -0.678. The Labute approximate surface area is 134 Å². The molecule has 0 saturated carbocycles. The lowest BCUT2D eigenvalue weighted by Crippen LogP contribution is -2.44. The molecule has 0 aromatic carbocycles. The average molecular weight is 325 g/mol. The van der Waals surface area contributed by atoms with E-state index < -0.39 is 24.5 Å². The number of nitrogens with one attached hydrogen (secondary N) is 2. The number of aromatic nitrogens is 1. The van der Waals surface area contributed by atoms with E-state index in [1.165, 1.54) is 0 Å². The van der Waals surface area contributed by atoms with Crippen LogP contribution in [0.5, 0.6) is 0 Å². The fraction of sp³-hybridized carbons (Fsp3) is 0.600. The highest BCUT2D eigenvalue weighted by molar-refractivity contribution is 5.97. The third-order valence-corrected chi connectivity index (χ3v) is 3.19. The van der Waals surface area contributed by atoms with E-state index in [1.54, 1.807) is 6.92 Å². The Kier molecular flexibility index (Phi) is 6.74. The van der Waals surface area contributed by atoms with Gasteiger partial charge >= 0.3 is 12.0 Å². The van der Waals surface area contributed by atoms with Gasteiger partial charge in [-0.1, -0.05) is 25.9 Å². The van der Waals surface area contributed by atoms with Crippen LogP contribution in [0.4, 0.5) is 4.79 Å². The van der Waals surface area contributed by atoms with Crippen molar-refractivity contribution in [2.75, 3.05) is 6.61 Å². The molecule has 1 atom stereocenters. The highest BCUT2D eigenvalue weighted by Gasteiger charge is 2.24. The number of amides is 3. The summed E-state index contributed by atoms with van der Waals surface area (Å²) in [4.78, 5) is 35.2. The second-order valence-electron chi connectivity index (χ2n) is 5.57. The van der Waals surface area contributed by atoms with E-state index in [-0.39, 0.29) is 17.5 Å². The number of hydrogen-bond acceptors (Lipinski definition) is 6. The van der Waals surface area contributed by atoms with Crippen molar-refractivity contribution in [3.05, 3.63) is 17.0 Å². The topological polar surface area (TPSA) is 111 Å². The Morgan fingerprint density at radius 3 is 2.48 bits per heavy atom. The summed E-state index contributed by atoms with van der Waals surface area (Å²) in [7, 11) is 0. The SMILES string of the molecule is CC[C@H](C)NC(=O)NC(=O)COC(=O)c1c(C)noc1C(C)C. The lowest BCUT2D eigenvalue weighted by molar-refractivity contribution is -0.123. The molecule has 0 radical (unpaired) electrons. The Morgan fingerprint density at radius 1 is 1.26 bits per heavy atom. The Hall–Kier alpha value is -2.38. The molecule has 0 aliphatic rings. The minimum Gasteiger partial charge on any atom is -0.452 e. The lowest BCUT2D eigenvalue weighted by atomic mass is 10.1. The van der Waals surface area contributed by atoms with Crippen molar-refractivity contribution < 1.29 is 23.6 Å². The summed E-state index contributed by atoms with van der Waals surface area (Å²) in [6.45, 7) is 8.47. The molecule has 0 bridgehead atoms. The second kappa shape index (κ2) is 8.30. The van der Waals surface area contributed by atoms with Crippen LogP contribution >= 0.6 is 0 Å². The first-order valence-electron chi connectivity index (χ1n) is 7.49. The van der Waals surface area contributed by atoms with Gasteiger partial charge in [-0.15, -0.1) is 0 Å². The number of aryl methyl sites for hydroxylation is 1. The Morgan fingerprint density at radius 2 is 1.91 bits per heavy atom. The number of carbonyl (C=O) groups is 3. The van der Waals surface area contributed by atoms with Crippen LogP contribution in [-0.2, 0) is 9.53 Å². The molecule has 0 spiro atoms. The molecule has 2 N–H and O–H groups in total. The van der Waals surface area contributed by atoms with Gasteiger partial charge in [-0.2, -0.15) is 0 Å². The minimum absolute atomic E-state index is 0.0473. The maximum Gasteiger partial charge on any atom is 0.344 e. The average Bonchev–Trinajstić information content (AvgIpc) is 2.86. The third kappa shape index (κ3) is 5.39. The number of ether oxygens (including phenoxy) is 1. The zero-order valence-corrected chi connectivity index (χ0v) is 14.1. The van der Waals surface area contributed by atoms with Crippen LogP contribution in [0.25, 0.3) is 0 Å². The minimum atomic E-state index is -0.709. The van der Waals surface area contributed by atoms with E-state index in [0.717, 1.165) is 6.42 Å². The van der Waals surface area contributed by atoms with Crippen molar-refractivity contribution in [2.45, 2.75) is 53.0 Å². The normalized spacial score (nSPS) is 11.9. The third-order valence-electron chi connectivity index (χ3n) is 3.19. The van der Waals surface area contributed by atoms with Crippen molar-refractivity contribution in [1.29, 1.82) is 0 Å². The lowest BCUT2D eigenvalue weighted by Gasteiger charge is -2.12. The van der Waals surface area contributed by atoms with Gasteiger partial charge < -0.3 is 14.6 Å². The monoisotopic (exact) mass is 325 g/mol. The van der Waals surface area contributed by atoms with Crippen LogP contribution in [0.1, 0.15) is 61.8 Å². The van der Waals surface area contributed by atoms with Gasteiger partial charge in [-0.25, -0.2) is 9.59 Å². The maximum atomic E-state index is 12.1. The van der Waals surface area contributed by atoms with Crippen molar-refractivity contribution in [3.8, 4) is 0 Å². The van der Waals surface area contributed by atoms with Crippen LogP contribution in [0.15, 0.2) is 4.52 Å². The molecule has 0 saturated heterocycles. The smallest absolute Gasteiger partial charge is 0.344 e. The summed E-state index contributed by atoms with van der Waals surface area (Å²) in [5, 5.41) is 8.40. The number of imide groups is 1. The standard InChI is InChI=1S/C15H23N3O5/c1-6-9(4)16-15(21)17-11(19)7-22-14(20)12-10(5)18-23-13(12)8(2)3/h8-9H,6-7H2,1-5H3,(H2,16,17,19,21)/t9-/m0/s1. The highest BCUT2D eigenvalue weighted by atomic mass is 16.5. The first kappa shape index (κ1) is 18.7. The molecular weight excluding hydrogens is 302 g/mol. The number of hydrogen-bond donors (Lipinski definition) is 2. The summed E-state index contributed by atoms with van der Waals surface area (Å²) in [6.07, 6.45) is 0.737. The number of esters is 1. The molecule has 1 aromatic rings. The number of urea groups is 1. The molecule has 0 aliphatic carbocycles. The molecule has 1 rings (SSSR count). The molecule has 128 valence electrons. The van der Waals surface area contributed by atoms with Gasteiger partial charge in [0.2, 0.25) is 0 Å². The van der Waals surface area contributed by atoms with Gasteiger partial charge in [-0.05, 0) is 20.3 Å². The Bertz CT molecular complexity index is 580. The van der Waals surface area contributed by atoms with E-state index in [4.69, 9.17) is 9.26 Å². The molecule has 3 amide bonds.